The minimum absolute atomic E-state index is 0.261. The number of nitrogens with two attached hydrogens (primary N) is 1. The Morgan fingerprint density at radius 2 is 2.04 bits per heavy atom. The van der Waals surface area contributed by atoms with E-state index < -0.39 is 10.0 Å². The summed E-state index contributed by atoms with van der Waals surface area (Å²) in [4.78, 5) is 5.15. The molecule has 3 N–H and O–H groups in total. The zero-order valence-electron chi connectivity index (χ0n) is 15.2. The first-order chi connectivity index (χ1) is 13.0. The van der Waals surface area contributed by atoms with Crippen molar-refractivity contribution in [2.45, 2.75) is 30.0 Å². The zero-order chi connectivity index (χ0) is 19.3. The number of aliphatic imine (C=N–C) groups is 1. The molecule has 0 bridgehead atoms. The van der Waals surface area contributed by atoms with E-state index in [0.29, 0.717) is 23.8 Å². The van der Waals surface area contributed by atoms with Crippen LogP contribution in [0.25, 0.3) is 0 Å². The lowest BCUT2D eigenvalue weighted by atomic mass is 10.2. The van der Waals surface area contributed by atoms with Crippen molar-refractivity contribution in [3.05, 3.63) is 41.3 Å². The van der Waals surface area contributed by atoms with Crippen molar-refractivity contribution in [3.63, 3.8) is 0 Å². The fraction of sp³-hybridized carbons (Fsp3) is 0.389. The molecule has 7 nitrogen and oxygen atoms in total. The van der Waals surface area contributed by atoms with Gasteiger partial charge in [0.05, 0.1) is 13.7 Å². The Morgan fingerprint density at radius 1 is 1.26 bits per heavy atom. The molecule has 1 saturated heterocycles. The van der Waals surface area contributed by atoms with Gasteiger partial charge in [0.2, 0.25) is 0 Å². The second-order valence-corrected chi connectivity index (χ2v) is 9.58. The number of rotatable bonds is 6. The summed E-state index contributed by atoms with van der Waals surface area (Å²) in [5, 5.41) is 3.00. The van der Waals surface area contributed by atoms with Crippen LogP contribution in [0.5, 0.6) is 5.75 Å². The highest BCUT2D eigenvalue weighted by atomic mass is 32.2. The molecule has 1 aromatic heterocycles. The van der Waals surface area contributed by atoms with E-state index in [2.05, 4.69) is 10.3 Å². The highest BCUT2D eigenvalue weighted by Crippen LogP contribution is 2.27. The van der Waals surface area contributed by atoms with E-state index in [1.807, 2.05) is 24.3 Å². The van der Waals surface area contributed by atoms with Gasteiger partial charge in [-0.05, 0) is 37.1 Å². The van der Waals surface area contributed by atoms with Gasteiger partial charge in [-0.2, -0.15) is 4.31 Å². The maximum Gasteiger partial charge on any atom is 0.252 e. The average molecular weight is 409 g/mol. The number of piperidine rings is 1. The Balaban J connectivity index is 1.63. The van der Waals surface area contributed by atoms with Crippen LogP contribution in [0.2, 0.25) is 0 Å². The van der Waals surface area contributed by atoms with E-state index in [4.69, 9.17) is 10.5 Å². The topological polar surface area (TPSA) is 97.0 Å². The number of hydrogen-bond acceptors (Lipinski definition) is 5. The van der Waals surface area contributed by atoms with E-state index in [-0.39, 0.29) is 5.96 Å². The molecule has 1 aliphatic rings. The summed E-state index contributed by atoms with van der Waals surface area (Å²) in [6.45, 7) is 1.53. The summed E-state index contributed by atoms with van der Waals surface area (Å²) >= 11 is 1.25. The van der Waals surface area contributed by atoms with Crippen molar-refractivity contribution in [1.29, 1.82) is 0 Å². The Kier molecular flexibility index (Phi) is 6.35. The number of sulfonamides is 1. The maximum atomic E-state index is 12.7. The van der Waals surface area contributed by atoms with Crippen LogP contribution in [-0.2, 0) is 16.6 Å². The summed E-state index contributed by atoms with van der Waals surface area (Å²) in [5.41, 5.74) is 6.70. The number of hydrogen-bond donors (Lipinski definition) is 2. The Bertz CT molecular complexity index is 903. The molecule has 9 heteroatoms. The monoisotopic (exact) mass is 408 g/mol. The molecule has 2 aromatic rings. The van der Waals surface area contributed by atoms with Crippen LogP contribution in [0.15, 0.2) is 45.6 Å². The minimum Gasteiger partial charge on any atom is -0.497 e. The second-order valence-electron chi connectivity index (χ2n) is 6.24. The fourth-order valence-corrected chi connectivity index (χ4v) is 5.82. The molecule has 1 aromatic carbocycles. The Hall–Kier alpha value is -2.10. The van der Waals surface area contributed by atoms with Crippen molar-refractivity contribution in [3.8, 4) is 5.75 Å². The van der Waals surface area contributed by atoms with Gasteiger partial charge < -0.3 is 15.8 Å². The molecule has 27 heavy (non-hydrogen) atoms. The molecule has 3 rings (SSSR count). The van der Waals surface area contributed by atoms with E-state index in [1.54, 1.807) is 23.5 Å². The van der Waals surface area contributed by atoms with Crippen LogP contribution in [0.4, 0.5) is 5.69 Å². The van der Waals surface area contributed by atoms with Gasteiger partial charge in [-0.1, -0.05) is 12.5 Å². The Morgan fingerprint density at radius 3 is 2.78 bits per heavy atom. The predicted molar refractivity (Wildman–Crippen MR) is 109 cm³/mol. The smallest absolute Gasteiger partial charge is 0.252 e. The lowest BCUT2D eigenvalue weighted by Crippen LogP contribution is -2.35. The molecule has 0 saturated carbocycles. The van der Waals surface area contributed by atoms with Crippen molar-refractivity contribution >= 4 is 33.0 Å². The van der Waals surface area contributed by atoms with Gasteiger partial charge in [0.15, 0.2) is 5.96 Å². The minimum atomic E-state index is -3.39. The quantitative estimate of drug-likeness (QED) is 0.566. The lowest BCUT2D eigenvalue weighted by Gasteiger charge is -2.25. The maximum absolute atomic E-state index is 12.7. The highest BCUT2D eigenvalue weighted by molar-refractivity contribution is 7.91. The van der Waals surface area contributed by atoms with Gasteiger partial charge >= 0.3 is 0 Å². The largest absolute Gasteiger partial charge is 0.497 e. The van der Waals surface area contributed by atoms with Crippen LogP contribution in [0.1, 0.15) is 24.1 Å². The van der Waals surface area contributed by atoms with Crippen molar-refractivity contribution < 1.29 is 13.2 Å². The molecule has 0 radical (unpaired) electrons. The number of guanidine groups is 1. The first-order valence-corrected chi connectivity index (χ1v) is 11.0. The van der Waals surface area contributed by atoms with Crippen molar-refractivity contribution in [2.24, 2.45) is 10.7 Å². The third-order valence-electron chi connectivity index (χ3n) is 4.29. The molecule has 0 aliphatic carbocycles. The van der Waals surface area contributed by atoms with Gasteiger partial charge in [0.25, 0.3) is 10.0 Å². The molecule has 0 atom stereocenters. The summed E-state index contributed by atoms with van der Waals surface area (Å²) in [5.74, 6) is 0.982. The highest BCUT2D eigenvalue weighted by Gasteiger charge is 2.27. The van der Waals surface area contributed by atoms with Gasteiger partial charge in [-0.25, -0.2) is 13.4 Å². The molecule has 2 heterocycles. The molecule has 0 unspecified atom stereocenters. The first-order valence-electron chi connectivity index (χ1n) is 8.79. The number of anilines is 1. The van der Waals surface area contributed by atoms with Crippen LogP contribution in [0, 0.1) is 0 Å². The molecule has 1 fully saturated rings. The fourth-order valence-electron chi connectivity index (χ4n) is 2.87. The average Bonchev–Trinajstić information content (AvgIpc) is 3.17. The standard InChI is InChI=1S/C18H24N4O3S2/c1-25-15-7-5-6-14(12-15)21-18(19)20-13-16-8-9-17(26-16)27(23,24)22-10-3-2-4-11-22/h5-9,12H,2-4,10-11,13H2,1H3,(H3,19,20,21). The van der Waals surface area contributed by atoms with Crippen LogP contribution >= 0.6 is 11.3 Å². The molecule has 0 amide bonds. The molecule has 1 aliphatic heterocycles. The number of nitrogens with zero attached hydrogens (tertiary/aromatic N) is 2. The van der Waals surface area contributed by atoms with Crippen LogP contribution in [0.3, 0.4) is 0 Å². The van der Waals surface area contributed by atoms with Gasteiger partial charge in [0.1, 0.15) is 9.96 Å². The van der Waals surface area contributed by atoms with E-state index in [1.165, 1.54) is 11.3 Å². The van der Waals surface area contributed by atoms with Gasteiger partial charge in [0, 0.05) is 29.7 Å². The SMILES string of the molecule is COc1cccc(NC(N)=NCc2ccc(S(=O)(=O)N3CCCCC3)s2)c1. The Labute approximate surface area is 163 Å². The van der Waals surface area contributed by atoms with Gasteiger partial charge in [-0.15, -0.1) is 11.3 Å². The number of nitrogens with one attached hydrogen (secondary N) is 1. The number of methoxy groups -OCH3 is 1. The third kappa shape index (κ3) is 5.00. The summed E-state index contributed by atoms with van der Waals surface area (Å²) in [7, 11) is -1.79. The third-order valence-corrected chi connectivity index (χ3v) is 7.73. The molecule has 146 valence electrons. The van der Waals surface area contributed by atoms with E-state index >= 15 is 0 Å². The van der Waals surface area contributed by atoms with Crippen molar-refractivity contribution in [2.75, 3.05) is 25.5 Å². The van der Waals surface area contributed by atoms with Gasteiger partial charge in [-0.3, -0.25) is 0 Å². The number of benzene rings is 1. The lowest BCUT2D eigenvalue weighted by molar-refractivity contribution is 0.347. The van der Waals surface area contributed by atoms with E-state index in [0.717, 1.165) is 35.6 Å². The number of thiophene rings is 1. The summed E-state index contributed by atoms with van der Waals surface area (Å²) in [6.07, 6.45) is 2.94. The van der Waals surface area contributed by atoms with Crippen molar-refractivity contribution in [1.82, 2.24) is 4.31 Å². The number of ether oxygens (including phenoxy) is 1. The van der Waals surface area contributed by atoms with Crippen LogP contribution < -0.4 is 15.8 Å². The molecule has 0 spiro atoms. The second kappa shape index (κ2) is 8.73. The normalized spacial score (nSPS) is 16.3. The molecular weight excluding hydrogens is 384 g/mol. The molecular formula is C18H24N4O3S2. The predicted octanol–water partition coefficient (Wildman–Crippen LogP) is 2.86. The van der Waals surface area contributed by atoms with E-state index in [9.17, 15) is 8.42 Å². The summed E-state index contributed by atoms with van der Waals surface area (Å²) in [6, 6.07) is 10.8. The first kappa shape index (κ1) is 19.7. The summed E-state index contributed by atoms with van der Waals surface area (Å²) < 4.78 is 32.5. The zero-order valence-corrected chi connectivity index (χ0v) is 16.9. The van der Waals surface area contributed by atoms with Crippen LogP contribution in [-0.4, -0.2) is 38.9 Å².